The number of ether oxygens (including phenoxy) is 1. The fraction of sp³-hybridized carbons (Fsp3) is 0.381. The van der Waals surface area contributed by atoms with Crippen LogP contribution in [0.3, 0.4) is 0 Å². The van der Waals surface area contributed by atoms with E-state index >= 15 is 0 Å². The molecule has 1 amide bonds. The van der Waals surface area contributed by atoms with E-state index in [1.807, 2.05) is 67.9 Å². The van der Waals surface area contributed by atoms with E-state index < -0.39 is 11.7 Å². The number of halogens is 1. The summed E-state index contributed by atoms with van der Waals surface area (Å²) in [5, 5.41) is 0. The highest BCUT2D eigenvalue weighted by Crippen LogP contribution is 2.41. The molecule has 0 atom stereocenters. The molecular weight excluding hydrogens is 420 g/mol. The van der Waals surface area contributed by atoms with Gasteiger partial charge in [0.25, 0.3) is 0 Å². The van der Waals surface area contributed by atoms with E-state index in [2.05, 4.69) is 25.9 Å². The highest BCUT2D eigenvalue weighted by atomic mass is 79.9. The average molecular weight is 443 g/mol. The van der Waals surface area contributed by atoms with Crippen molar-refractivity contribution < 1.29 is 9.53 Å². The van der Waals surface area contributed by atoms with Crippen molar-refractivity contribution in [3.05, 3.63) is 58.6 Å². The Morgan fingerprint density at radius 3 is 2.64 bits per heavy atom. The van der Waals surface area contributed by atoms with Gasteiger partial charge in [-0.1, -0.05) is 30.3 Å². The first-order valence-corrected chi connectivity index (χ1v) is 10.2. The van der Waals surface area contributed by atoms with Gasteiger partial charge < -0.3 is 4.74 Å². The maximum absolute atomic E-state index is 13.1. The molecule has 4 rings (SSSR count). The van der Waals surface area contributed by atoms with Crippen molar-refractivity contribution in [1.82, 2.24) is 14.4 Å². The molecule has 2 aromatic heterocycles. The van der Waals surface area contributed by atoms with Gasteiger partial charge >= 0.3 is 6.09 Å². The smallest absolute Gasteiger partial charge is 0.416 e. The SMILES string of the molecule is CC(C)(C)OC(=O)N(Cc1ccccc1)c1nc(Br)cn2c(C3CC3)cnc12. The molecule has 0 spiro atoms. The van der Waals surface area contributed by atoms with Crippen LogP contribution in [0, 0.1) is 0 Å². The minimum atomic E-state index is -0.608. The number of carbonyl (C=O) groups excluding carboxylic acids is 1. The monoisotopic (exact) mass is 442 g/mol. The summed E-state index contributed by atoms with van der Waals surface area (Å²) in [6.45, 7) is 5.92. The number of hydrogen-bond donors (Lipinski definition) is 0. The zero-order valence-electron chi connectivity index (χ0n) is 16.2. The molecule has 146 valence electrons. The van der Waals surface area contributed by atoms with Crippen molar-refractivity contribution in [3.8, 4) is 0 Å². The normalized spacial score (nSPS) is 14.3. The molecule has 0 bridgehead atoms. The van der Waals surface area contributed by atoms with Crippen LogP contribution in [0.1, 0.15) is 50.8 Å². The average Bonchev–Trinajstić information content (AvgIpc) is 3.38. The van der Waals surface area contributed by atoms with Gasteiger partial charge in [-0.3, -0.25) is 9.30 Å². The van der Waals surface area contributed by atoms with E-state index in [9.17, 15) is 4.79 Å². The van der Waals surface area contributed by atoms with Gasteiger partial charge in [0.15, 0.2) is 11.5 Å². The Bertz CT molecular complexity index is 1010. The third-order valence-corrected chi connectivity index (χ3v) is 4.90. The predicted molar refractivity (Wildman–Crippen MR) is 112 cm³/mol. The standard InChI is InChI=1S/C21H23BrN4O2/c1-21(2,3)28-20(27)26(12-14-7-5-4-6-8-14)19-18-23-11-16(15-9-10-15)25(18)13-17(22)24-19/h4-8,11,13,15H,9-10,12H2,1-3H3. The van der Waals surface area contributed by atoms with Gasteiger partial charge in [0.2, 0.25) is 0 Å². The summed E-state index contributed by atoms with van der Waals surface area (Å²) < 4.78 is 8.36. The van der Waals surface area contributed by atoms with Crippen molar-refractivity contribution in [2.24, 2.45) is 0 Å². The number of imidazole rings is 1. The van der Waals surface area contributed by atoms with Crippen LogP contribution in [-0.4, -0.2) is 26.1 Å². The lowest BCUT2D eigenvalue weighted by atomic mass is 10.2. The van der Waals surface area contributed by atoms with Crippen LogP contribution < -0.4 is 4.90 Å². The Kier molecular flexibility index (Phi) is 4.87. The molecule has 1 fully saturated rings. The summed E-state index contributed by atoms with van der Waals surface area (Å²) in [4.78, 5) is 23.8. The third-order valence-electron chi connectivity index (χ3n) is 4.52. The fourth-order valence-corrected chi connectivity index (χ4v) is 3.51. The lowest BCUT2D eigenvalue weighted by Crippen LogP contribution is -2.37. The van der Waals surface area contributed by atoms with E-state index in [-0.39, 0.29) is 0 Å². The maximum Gasteiger partial charge on any atom is 0.416 e. The van der Waals surface area contributed by atoms with Crippen LogP contribution in [0.25, 0.3) is 5.65 Å². The number of amides is 1. The molecule has 28 heavy (non-hydrogen) atoms. The van der Waals surface area contributed by atoms with E-state index in [0.29, 0.717) is 28.5 Å². The second kappa shape index (κ2) is 7.20. The Morgan fingerprint density at radius 2 is 2.00 bits per heavy atom. The second-order valence-electron chi connectivity index (χ2n) is 8.09. The number of nitrogens with zero attached hydrogens (tertiary/aromatic N) is 4. The molecular formula is C21H23BrN4O2. The van der Waals surface area contributed by atoms with E-state index in [4.69, 9.17) is 4.74 Å². The number of fused-ring (bicyclic) bond motifs is 1. The zero-order valence-corrected chi connectivity index (χ0v) is 17.8. The van der Waals surface area contributed by atoms with Gasteiger partial charge in [-0.05, 0) is 55.1 Å². The highest BCUT2D eigenvalue weighted by molar-refractivity contribution is 9.10. The summed E-state index contributed by atoms with van der Waals surface area (Å²) in [5.41, 5.74) is 2.19. The van der Waals surface area contributed by atoms with Gasteiger partial charge in [-0.2, -0.15) is 0 Å². The molecule has 0 N–H and O–H groups in total. The van der Waals surface area contributed by atoms with Crippen molar-refractivity contribution in [1.29, 1.82) is 0 Å². The largest absolute Gasteiger partial charge is 0.443 e. The van der Waals surface area contributed by atoms with E-state index in [1.165, 1.54) is 12.8 Å². The third kappa shape index (κ3) is 4.04. The van der Waals surface area contributed by atoms with Crippen LogP contribution in [0.15, 0.2) is 47.3 Å². The molecule has 0 aliphatic heterocycles. The van der Waals surface area contributed by atoms with Crippen LogP contribution in [-0.2, 0) is 11.3 Å². The Balaban J connectivity index is 1.80. The van der Waals surface area contributed by atoms with Gasteiger partial charge in [0.1, 0.15) is 10.2 Å². The fourth-order valence-electron chi connectivity index (χ4n) is 3.13. The van der Waals surface area contributed by atoms with E-state index in [1.54, 1.807) is 4.90 Å². The molecule has 1 saturated carbocycles. The minimum absolute atomic E-state index is 0.348. The predicted octanol–water partition coefficient (Wildman–Crippen LogP) is 5.31. The summed E-state index contributed by atoms with van der Waals surface area (Å²) in [5.74, 6) is 1.01. The Hall–Kier alpha value is -2.41. The van der Waals surface area contributed by atoms with E-state index in [0.717, 1.165) is 11.3 Å². The molecule has 0 saturated heterocycles. The number of carbonyl (C=O) groups is 1. The van der Waals surface area contributed by atoms with Crippen molar-refractivity contribution >= 4 is 33.5 Å². The summed E-state index contributed by atoms with van der Waals surface area (Å²) >= 11 is 3.50. The lowest BCUT2D eigenvalue weighted by molar-refractivity contribution is 0.0576. The second-order valence-corrected chi connectivity index (χ2v) is 8.90. The van der Waals surface area contributed by atoms with Crippen molar-refractivity contribution in [3.63, 3.8) is 0 Å². The molecule has 2 heterocycles. The Labute approximate surface area is 172 Å². The number of rotatable bonds is 4. The molecule has 7 heteroatoms. The lowest BCUT2D eigenvalue weighted by Gasteiger charge is -2.27. The zero-order chi connectivity index (χ0) is 19.9. The number of benzene rings is 1. The molecule has 0 radical (unpaired) electrons. The molecule has 6 nitrogen and oxygen atoms in total. The number of anilines is 1. The Morgan fingerprint density at radius 1 is 1.29 bits per heavy atom. The first kappa shape index (κ1) is 18.9. The van der Waals surface area contributed by atoms with Gasteiger partial charge in [0, 0.05) is 24.0 Å². The molecule has 1 aliphatic carbocycles. The quantitative estimate of drug-likeness (QED) is 0.548. The minimum Gasteiger partial charge on any atom is -0.443 e. The first-order chi connectivity index (χ1) is 13.3. The van der Waals surface area contributed by atoms with Crippen molar-refractivity contribution in [2.75, 3.05) is 4.90 Å². The van der Waals surface area contributed by atoms with Crippen molar-refractivity contribution in [2.45, 2.75) is 51.7 Å². The molecule has 1 aromatic carbocycles. The van der Waals surface area contributed by atoms with Gasteiger partial charge in [0.05, 0.1) is 6.54 Å². The molecule has 3 aromatic rings. The first-order valence-electron chi connectivity index (χ1n) is 9.40. The number of hydrogen-bond acceptors (Lipinski definition) is 4. The van der Waals surface area contributed by atoms with Crippen LogP contribution >= 0.6 is 15.9 Å². The van der Waals surface area contributed by atoms with Crippen LogP contribution in [0.2, 0.25) is 0 Å². The summed E-state index contributed by atoms with van der Waals surface area (Å²) in [7, 11) is 0. The molecule has 1 aliphatic rings. The number of aromatic nitrogens is 3. The van der Waals surface area contributed by atoms with Gasteiger partial charge in [-0.15, -0.1) is 0 Å². The van der Waals surface area contributed by atoms with Crippen LogP contribution in [0.5, 0.6) is 0 Å². The highest BCUT2D eigenvalue weighted by Gasteiger charge is 2.31. The topological polar surface area (TPSA) is 59.7 Å². The summed E-state index contributed by atoms with van der Waals surface area (Å²) in [6.07, 6.45) is 5.70. The van der Waals surface area contributed by atoms with Crippen LogP contribution in [0.4, 0.5) is 10.6 Å². The molecule has 0 unspecified atom stereocenters. The van der Waals surface area contributed by atoms with Gasteiger partial charge in [-0.25, -0.2) is 14.8 Å². The summed E-state index contributed by atoms with van der Waals surface area (Å²) in [6, 6.07) is 9.81. The maximum atomic E-state index is 13.1.